The number of rotatable bonds is 4. The zero-order valence-corrected chi connectivity index (χ0v) is 12.0. The van der Waals surface area contributed by atoms with E-state index in [4.69, 9.17) is 0 Å². The van der Waals surface area contributed by atoms with Crippen LogP contribution in [0, 0.1) is 6.92 Å². The summed E-state index contributed by atoms with van der Waals surface area (Å²) in [6.07, 6.45) is 2.69. The molecular formula is C15H21N3O2. The number of carbonyl (C=O) groups excluding carboxylic acids is 2. The van der Waals surface area contributed by atoms with Crippen molar-refractivity contribution in [2.45, 2.75) is 32.2 Å². The number of nitrogens with one attached hydrogen (secondary N) is 3. The fraction of sp³-hybridized carbons (Fsp3) is 0.467. The van der Waals surface area contributed by atoms with Gasteiger partial charge in [-0.15, -0.1) is 0 Å². The summed E-state index contributed by atoms with van der Waals surface area (Å²) in [5.74, 6) is -0.110. The standard InChI is InChI=1S/C15H21N3O2/c1-10-8-11(15(20)16-2)5-6-13(10)18-14(19)9-12-4-3-7-17-12/h5-6,8,12,17H,3-4,7,9H2,1-2H3,(H,16,20)(H,18,19). The second-order valence-electron chi connectivity index (χ2n) is 5.15. The number of aryl methyl sites for hydroxylation is 1. The van der Waals surface area contributed by atoms with Crippen LogP contribution in [-0.4, -0.2) is 31.4 Å². The Morgan fingerprint density at radius 1 is 1.40 bits per heavy atom. The van der Waals surface area contributed by atoms with Gasteiger partial charge in [-0.05, 0) is 50.1 Å². The first kappa shape index (κ1) is 14.5. The normalized spacial score (nSPS) is 17.8. The lowest BCUT2D eigenvalue weighted by atomic mass is 10.1. The zero-order valence-electron chi connectivity index (χ0n) is 12.0. The molecule has 1 heterocycles. The average Bonchev–Trinajstić information content (AvgIpc) is 2.93. The van der Waals surface area contributed by atoms with E-state index in [0.717, 1.165) is 30.6 Å². The largest absolute Gasteiger partial charge is 0.355 e. The maximum atomic E-state index is 12.0. The molecule has 1 aliphatic rings. The first-order valence-electron chi connectivity index (χ1n) is 6.96. The van der Waals surface area contributed by atoms with Gasteiger partial charge in [-0.25, -0.2) is 0 Å². The van der Waals surface area contributed by atoms with Crippen molar-refractivity contribution in [3.8, 4) is 0 Å². The molecule has 1 aliphatic heterocycles. The molecule has 2 amide bonds. The Bertz CT molecular complexity index is 508. The summed E-state index contributed by atoms with van der Waals surface area (Å²) in [7, 11) is 1.60. The smallest absolute Gasteiger partial charge is 0.251 e. The van der Waals surface area contributed by atoms with Crippen LogP contribution in [0.3, 0.4) is 0 Å². The van der Waals surface area contributed by atoms with Crippen LogP contribution in [-0.2, 0) is 4.79 Å². The van der Waals surface area contributed by atoms with Crippen LogP contribution in [0.1, 0.15) is 35.2 Å². The lowest BCUT2D eigenvalue weighted by Gasteiger charge is -2.12. The number of benzene rings is 1. The molecule has 1 aromatic rings. The topological polar surface area (TPSA) is 70.2 Å². The highest BCUT2D eigenvalue weighted by Crippen LogP contribution is 2.18. The van der Waals surface area contributed by atoms with E-state index in [2.05, 4.69) is 16.0 Å². The van der Waals surface area contributed by atoms with Gasteiger partial charge >= 0.3 is 0 Å². The Balaban J connectivity index is 1.98. The van der Waals surface area contributed by atoms with Gasteiger partial charge in [0.1, 0.15) is 0 Å². The quantitative estimate of drug-likeness (QED) is 0.778. The summed E-state index contributed by atoms with van der Waals surface area (Å²) in [5, 5.41) is 8.80. The van der Waals surface area contributed by atoms with Crippen molar-refractivity contribution < 1.29 is 9.59 Å². The number of amides is 2. The minimum atomic E-state index is -0.124. The Morgan fingerprint density at radius 3 is 2.80 bits per heavy atom. The molecule has 2 rings (SSSR count). The van der Waals surface area contributed by atoms with Crippen molar-refractivity contribution in [1.82, 2.24) is 10.6 Å². The van der Waals surface area contributed by atoms with Crippen LogP contribution in [0.2, 0.25) is 0 Å². The minimum Gasteiger partial charge on any atom is -0.355 e. The van der Waals surface area contributed by atoms with Gasteiger partial charge in [-0.1, -0.05) is 0 Å². The molecule has 20 heavy (non-hydrogen) atoms. The fourth-order valence-electron chi connectivity index (χ4n) is 2.45. The Morgan fingerprint density at radius 2 is 2.20 bits per heavy atom. The van der Waals surface area contributed by atoms with Gasteiger partial charge in [-0.2, -0.15) is 0 Å². The lowest BCUT2D eigenvalue weighted by molar-refractivity contribution is -0.116. The lowest BCUT2D eigenvalue weighted by Crippen LogP contribution is -2.27. The molecule has 1 fully saturated rings. The van der Waals surface area contributed by atoms with Crippen molar-refractivity contribution >= 4 is 17.5 Å². The summed E-state index contributed by atoms with van der Waals surface area (Å²) in [4.78, 5) is 23.5. The number of hydrogen-bond acceptors (Lipinski definition) is 3. The summed E-state index contributed by atoms with van der Waals surface area (Å²) in [5.41, 5.74) is 2.25. The molecule has 1 saturated heterocycles. The molecule has 108 valence electrons. The third-order valence-corrected chi connectivity index (χ3v) is 3.58. The fourth-order valence-corrected chi connectivity index (χ4v) is 2.45. The molecule has 0 spiro atoms. The maximum absolute atomic E-state index is 12.0. The molecular weight excluding hydrogens is 254 g/mol. The summed E-state index contributed by atoms with van der Waals surface area (Å²) in [6.45, 7) is 2.88. The van der Waals surface area contributed by atoms with Crippen molar-refractivity contribution in [2.75, 3.05) is 18.9 Å². The highest BCUT2D eigenvalue weighted by Gasteiger charge is 2.18. The highest BCUT2D eigenvalue weighted by atomic mass is 16.2. The van der Waals surface area contributed by atoms with Gasteiger partial charge in [0.05, 0.1) is 0 Å². The summed E-state index contributed by atoms with van der Waals surface area (Å²) >= 11 is 0. The van der Waals surface area contributed by atoms with Gasteiger partial charge in [0.15, 0.2) is 0 Å². The van der Waals surface area contributed by atoms with Gasteiger partial charge in [-0.3, -0.25) is 9.59 Å². The van der Waals surface area contributed by atoms with E-state index in [1.165, 1.54) is 0 Å². The van der Waals surface area contributed by atoms with Crippen molar-refractivity contribution in [3.63, 3.8) is 0 Å². The predicted octanol–water partition coefficient (Wildman–Crippen LogP) is 1.44. The predicted molar refractivity (Wildman–Crippen MR) is 78.8 cm³/mol. The first-order valence-corrected chi connectivity index (χ1v) is 6.96. The zero-order chi connectivity index (χ0) is 14.5. The summed E-state index contributed by atoms with van der Waals surface area (Å²) in [6, 6.07) is 5.57. The van der Waals surface area contributed by atoms with Crippen LogP contribution in [0.25, 0.3) is 0 Å². The van der Waals surface area contributed by atoms with Crippen LogP contribution in [0.4, 0.5) is 5.69 Å². The molecule has 0 radical (unpaired) electrons. The van der Waals surface area contributed by atoms with Gasteiger partial charge < -0.3 is 16.0 Å². The van der Waals surface area contributed by atoms with Gasteiger partial charge in [0.25, 0.3) is 5.91 Å². The van der Waals surface area contributed by atoms with Crippen LogP contribution in [0.15, 0.2) is 18.2 Å². The monoisotopic (exact) mass is 275 g/mol. The van der Waals surface area contributed by atoms with E-state index in [1.54, 1.807) is 25.2 Å². The van der Waals surface area contributed by atoms with E-state index in [9.17, 15) is 9.59 Å². The van der Waals surface area contributed by atoms with Crippen LogP contribution in [0.5, 0.6) is 0 Å². The Kier molecular flexibility index (Phi) is 4.74. The molecule has 0 aromatic heterocycles. The van der Waals surface area contributed by atoms with E-state index >= 15 is 0 Å². The third-order valence-electron chi connectivity index (χ3n) is 3.58. The second-order valence-corrected chi connectivity index (χ2v) is 5.15. The summed E-state index contributed by atoms with van der Waals surface area (Å²) < 4.78 is 0. The Labute approximate surface area is 119 Å². The highest BCUT2D eigenvalue weighted by molar-refractivity contribution is 5.96. The van der Waals surface area contributed by atoms with Crippen molar-refractivity contribution in [3.05, 3.63) is 29.3 Å². The van der Waals surface area contributed by atoms with E-state index < -0.39 is 0 Å². The first-order chi connectivity index (χ1) is 9.60. The Hall–Kier alpha value is -1.88. The molecule has 0 aliphatic carbocycles. The maximum Gasteiger partial charge on any atom is 0.251 e. The minimum absolute atomic E-state index is 0.0141. The van der Waals surface area contributed by atoms with E-state index in [1.807, 2.05) is 6.92 Å². The van der Waals surface area contributed by atoms with E-state index in [-0.39, 0.29) is 11.8 Å². The molecule has 5 heteroatoms. The molecule has 5 nitrogen and oxygen atoms in total. The molecule has 1 aromatic carbocycles. The van der Waals surface area contributed by atoms with Crippen LogP contribution < -0.4 is 16.0 Å². The molecule has 1 unspecified atom stereocenters. The SMILES string of the molecule is CNC(=O)c1ccc(NC(=O)CC2CCCN2)c(C)c1. The van der Waals surface area contributed by atoms with E-state index in [0.29, 0.717) is 18.0 Å². The molecule has 0 bridgehead atoms. The molecule has 0 saturated carbocycles. The van der Waals surface area contributed by atoms with Crippen LogP contribution >= 0.6 is 0 Å². The number of hydrogen-bond donors (Lipinski definition) is 3. The molecule has 1 atom stereocenters. The van der Waals surface area contributed by atoms with Gasteiger partial charge in [0, 0.05) is 30.8 Å². The second kappa shape index (κ2) is 6.52. The van der Waals surface area contributed by atoms with Crippen molar-refractivity contribution in [2.24, 2.45) is 0 Å². The number of carbonyl (C=O) groups is 2. The van der Waals surface area contributed by atoms with Crippen molar-refractivity contribution in [1.29, 1.82) is 0 Å². The third kappa shape index (κ3) is 3.57. The van der Waals surface area contributed by atoms with Gasteiger partial charge in [0.2, 0.25) is 5.91 Å². The molecule has 3 N–H and O–H groups in total. The number of anilines is 1. The average molecular weight is 275 g/mol.